The molecule has 0 aliphatic carbocycles. The number of benzene rings is 1. The zero-order valence-electron chi connectivity index (χ0n) is 14.1. The molecule has 0 aliphatic rings. The zero-order chi connectivity index (χ0) is 17.8. The van der Waals surface area contributed by atoms with E-state index >= 15 is 0 Å². The molecule has 0 atom stereocenters. The van der Waals surface area contributed by atoms with E-state index in [1.54, 1.807) is 14.0 Å². The van der Waals surface area contributed by atoms with E-state index in [2.05, 4.69) is 10.3 Å². The average Bonchev–Trinajstić information content (AvgIpc) is 2.96. The van der Waals surface area contributed by atoms with Gasteiger partial charge in [-0.05, 0) is 31.0 Å². The van der Waals surface area contributed by atoms with E-state index in [1.807, 2.05) is 30.3 Å². The SMILES string of the molecule is Cc1c(C(=O)NCCCOc2ccccc2)sc2ncn(C)c(=O)c12. The van der Waals surface area contributed by atoms with Gasteiger partial charge in [-0.25, -0.2) is 4.98 Å². The third kappa shape index (κ3) is 3.71. The number of thiophene rings is 1. The number of carbonyl (C=O) groups is 1. The summed E-state index contributed by atoms with van der Waals surface area (Å²) in [6.45, 7) is 2.82. The summed E-state index contributed by atoms with van der Waals surface area (Å²) in [6, 6.07) is 9.56. The largest absolute Gasteiger partial charge is 0.494 e. The number of fused-ring (bicyclic) bond motifs is 1. The van der Waals surface area contributed by atoms with Gasteiger partial charge in [-0.15, -0.1) is 11.3 Å². The minimum atomic E-state index is -0.178. The highest BCUT2D eigenvalue weighted by atomic mass is 32.1. The number of aryl methyl sites for hydroxylation is 2. The Hall–Kier alpha value is -2.67. The first-order chi connectivity index (χ1) is 12.1. The Morgan fingerprint density at radius 1 is 1.32 bits per heavy atom. The van der Waals surface area contributed by atoms with Gasteiger partial charge in [-0.1, -0.05) is 18.2 Å². The molecule has 3 rings (SSSR count). The fourth-order valence-corrected chi connectivity index (χ4v) is 3.54. The lowest BCUT2D eigenvalue weighted by Crippen LogP contribution is -2.25. The maximum atomic E-state index is 12.4. The Labute approximate surface area is 149 Å². The molecule has 0 fully saturated rings. The lowest BCUT2D eigenvalue weighted by Gasteiger charge is -2.07. The topological polar surface area (TPSA) is 73.2 Å². The van der Waals surface area contributed by atoms with E-state index in [0.717, 1.165) is 5.75 Å². The molecule has 0 saturated carbocycles. The fourth-order valence-electron chi connectivity index (χ4n) is 2.49. The molecule has 0 aliphatic heterocycles. The molecule has 1 aromatic carbocycles. The molecule has 2 heterocycles. The summed E-state index contributed by atoms with van der Waals surface area (Å²) >= 11 is 1.25. The monoisotopic (exact) mass is 357 g/mol. The standard InChI is InChI=1S/C18H19N3O3S/c1-12-14-17(20-11-21(2)18(14)23)25-15(12)16(22)19-9-6-10-24-13-7-4-3-5-8-13/h3-5,7-8,11H,6,9-10H2,1-2H3,(H,19,22). The molecule has 130 valence electrons. The maximum Gasteiger partial charge on any atom is 0.262 e. The van der Waals surface area contributed by atoms with Gasteiger partial charge in [0.1, 0.15) is 10.6 Å². The summed E-state index contributed by atoms with van der Waals surface area (Å²) in [5, 5.41) is 3.40. The maximum absolute atomic E-state index is 12.4. The molecular formula is C18H19N3O3S. The fraction of sp³-hybridized carbons (Fsp3) is 0.278. The number of ether oxygens (including phenoxy) is 1. The Bertz CT molecular complexity index is 947. The Kier molecular flexibility index (Phi) is 5.14. The Morgan fingerprint density at radius 2 is 2.08 bits per heavy atom. The minimum absolute atomic E-state index is 0.130. The molecule has 0 spiro atoms. The van der Waals surface area contributed by atoms with Crippen molar-refractivity contribution in [1.82, 2.24) is 14.9 Å². The van der Waals surface area contributed by atoms with Gasteiger partial charge in [-0.2, -0.15) is 0 Å². The van der Waals surface area contributed by atoms with Crippen molar-refractivity contribution < 1.29 is 9.53 Å². The number of hydrogen-bond acceptors (Lipinski definition) is 5. The molecule has 1 N–H and O–H groups in total. The predicted octanol–water partition coefficient (Wildman–Crippen LogP) is 2.50. The van der Waals surface area contributed by atoms with Crippen LogP contribution in [-0.2, 0) is 7.05 Å². The lowest BCUT2D eigenvalue weighted by molar-refractivity contribution is 0.0955. The normalized spacial score (nSPS) is 10.8. The molecule has 0 saturated heterocycles. The van der Waals surface area contributed by atoms with Crippen molar-refractivity contribution in [2.75, 3.05) is 13.2 Å². The van der Waals surface area contributed by atoms with Gasteiger partial charge in [0, 0.05) is 13.6 Å². The summed E-state index contributed by atoms with van der Waals surface area (Å²) in [4.78, 5) is 29.9. The van der Waals surface area contributed by atoms with Crippen LogP contribution in [0.15, 0.2) is 41.5 Å². The highest BCUT2D eigenvalue weighted by molar-refractivity contribution is 7.20. The Morgan fingerprint density at radius 3 is 2.84 bits per heavy atom. The van der Waals surface area contributed by atoms with Gasteiger partial charge in [0.2, 0.25) is 0 Å². The van der Waals surface area contributed by atoms with Crippen molar-refractivity contribution in [2.24, 2.45) is 7.05 Å². The second-order valence-electron chi connectivity index (χ2n) is 5.67. The minimum Gasteiger partial charge on any atom is -0.494 e. The first-order valence-corrected chi connectivity index (χ1v) is 8.80. The molecule has 2 aromatic heterocycles. The van der Waals surface area contributed by atoms with Crippen LogP contribution in [0.25, 0.3) is 10.2 Å². The molecule has 0 bridgehead atoms. The van der Waals surface area contributed by atoms with Crippen LogP contribution in [-0.4, -0.2) is 28.6 Å². The smallest absolute Gasteiger partial charge is 0.262 e. The first kappa shape index (κ1) is 17.2. The summed E-state index contributed by atoms with van der Waals surface area (Å²) in [7, 11) is 1.65. The van der Waals surface area contributed by atoms with Crippen LogP contribution in [0.5, 0.6) is 5.75 Å². The number of nitrogens with zero attached hydrogens (tertiary/aromatic N) is 2. The van der Waals surface area contributed by atoms with Crippen LogP contribution in [0.4, 0.5) is 0 Å². The second-order valence-corrected chi connectivity index (χ2v) is 6.67. The highest BCUT2D eigenvalue weighted by Gasteiger charge is 2.18. The molecule has 25 heavy (non-hydrogen) atoms. The van der Waals surface area contributed by atoms with E-state index < -0.39 is 0 Å². The van der Waals surface area contributed by atoms with Crippen molar-refractivity contribution in [1.29, 1.82) is 0 Å². The van der Waals surface area contributed by atoms with E-state index in [0.29, 0.717) is 40.2 Å². The molecule has 1 amide bonds. The quantitative estimate of drug-likeness (QED) is 0.688. The van der Waals surface area contributed by atoms with Crippen LogP contribution < -0.4 is 15.6 Å². The number of aromatic nitrogens is 2. The number of nitrogens with one attached hydrogen (secondary N) is 1. The van der Waals surface area contributed by atoms with Crippen LogP contribution in [0.2, 0.25) is 0 Å². The molecule has 6 nitrogen and oxygen atoms in total. The molecular weight excluding hydrogens is 338 g/mol. The second kappa shape index (κ2) is 7.48. The van der Waals surface area contributed by atoms with Gasteiger partial charge in [-0.3, -0.25) is 9.59 Å². The predicted molar refractivity (Wildman–Crippen MR) is 98.5 cm³/mol. The molecule has 0 unspecified atom stereocenters. The van der Waals surface area contributed by atoms with Gasteiger partial charge in [0.05, 0.1) is 23.2 Å². The summed E-state index contributed by atoms with van der Waals surface area (Å²) in [5.41, 5.74) is 0.556. The number of carbonyl (C=O) groups excluding carboxylic acids is 1. The van der Waals surface area contributed by atoms with Crippen LogP contribution in [0.1, 0.15) is 21.7 Å². The molecule has 0 radical (unpaired) electrons. The van der Waals surface area contributed by atoms with Gasteiger partial charge >= 0.3 is 0 Å². The number of hydrogen-bond donors (Lipinski definition) is 1. The van der Waals surface area contributed by atoms with Crippen LogP contribution in [0, 0.1) is 6.92 Å². The molecule has 7 heteroatoms. The lowest BCUT2D eigenvalue weighted by atomic mass is 10.2. The van der Waals surface area contributed by atoms with E-state index in [9.17, 15) is 9.59 Å². The number of rotatable bonds is 6. The van der Waals surface area contributed by atoms with Crippen molar-refractivity contribution in [3.8, 4) is 5.75 Å². The van der Waals surface area contributed by atoms with E-state index in [4.69, 9.17) is 4.74 Å². The van der Waals surface area contributed by atoms with Gasteiger partial charge < -0.3 is 14.6 Å². The van der Waals surface area contributed by atoms with E-state index in [1.165, 1.54) is 22.2 Å². The third-order valence-corrected chi connectivity index (χ3v) is 5.03. The number of amides is 1. The summed E-state index contributed by atoms with van der Waals surface area (Å²) in [6.07, 6.45) is 2.17. The van der Waals surface area contributed by atoms with Crippen molar-refractivity contribution in [2.45, 2.75) is 13.3 Å². The van der Waals surface area contributed by atoms with Crippen molar-refractivity contribution >= 4 is 27.5 Å². The Balaban J connectivity index is 1.58. The van der Waals surface area contributed by atoms with Crippen LogP contribution >= 0.6 is 11.3 Å². The highest BCUT2D eigenvalue weighted by Crippen LogP contribution is 2.26. The van der Waals surface area contributed by atoms with Crippen molar-refractivity contribution in [3.63, 3.8) is 0 Å². The van der Waals surface area contributed by atoms with E-state index in [-0.39, 0.29) is 11.5 Å². The van der Waals surface area contributed by atoms with Gasteiger partial charge in [0.15, 0.2) is 0 Å². The third-order valence-electron chi connectivity index (χ3n) is 3.84. The van der Waals surface area contributed by atoms with Crippen molar-refractivity contribution in [3.05, 3.63) is 57.5 Å². The average molecular weight is 357 g/mol. The number of para-hydroxylation sites is 1. The van der Waals surface area contributed by atoms with Crippen LogP contribution in [0.3, 0.4) is 0 Å². The zero-order valence-corrected chi connectivity index (χ0v) is 14.9. The summed E-state index contributed by atoms with van der Waals surface area (Å²) < 4.78 is 7.01. The van der Waals surface area contributed by atoms with Gasteiger partial charge in [0.25, 0.3) is 11.5 Å². The molecule has 3 aromatic rings. The first-order valence-electron chi connectivity index (χ1n) is 7.98. The summed E-state index contributed by atoms with van der Waals surface area (Å²) in [5.74, 6) is 0.637.